The second kappa shape index (κ2) is 3.23. The number of aliphatic hydroxyl groups is 1. The van der Waals surface area contributed by atoms with Gasteiger partial charge in [0.1, 0.15) is 0 Å². The Balaban J connectivity index is 2.33. The molecule has 0 bridgehead atoms. The van der Waals surface area contributed by atoms with Gasteiger partial charge in [0.15, 0.2) is 0 Å². The van der Waals surface area contributed by atoms with Crippen LogP contribution in [0.15, 0.2) is 36.9 Å². The molecule has 1 aliphatic rings. The van der Waals surface area contributed by atoms with Gasteiger partial charge in [0.05, 0.1) is 6.10 Å². The second-order valence-electron chi connectivity index (χ2n) is 3.30. The van der Waals surface area contributed by atoms with E-state index in [1.54, 1.807) is 6.08 Å². The van der Waals surface area contributed by atoms with Gasteiger partial charge in [0.2, 0.25) is 0 Å². The maximum absolute atomic E-state index is 9.65. The quantitative estimate of drug-likeness (QED) is 0.671. The minimum atomic E-state index is -0.448. The summed E-state index contributed by atoms with van der Waals surface area (Å²) in [5.74, 6) is 0.161. The number of anilines is 1. The first-order chi connectivity index (χ1) is 6.33. The van der Waals surface area contributed by atoms with E-state index in [4.69, 9.17) is 0 Å². The summed E-state index contributed by atoms with van der Waals surface area (Å²) in [5.41, 5.74) is 2.32. The number of nitrogens with one attached hydrogen (secondary N) is 1. The summed E-state index contributed by atoms with van der Waals surface area (Å²) >= 11 is 0. The Labute approximate surface area is 77.9 Å². The number of benzene rings is 1. The lowest BCUT2D eigenvalue weighted by molar-refractivity contribution is 0.197. The van der Waals surface area contributed by atoms with Crippen LogP contribution in [0.1, 0.15) is 11.5 Å². The molecule has 2 rings (SSSR count). The fourth-order valence-electron chi connectivity index (χ4n) is 1.78. The minimum Gasteiger partial charge on any atom is -0.388 e. The molecule has 0 fully saturated rings. The van der Waals surface area contributed by atoms with Crippen LogP contribution in [0.25, 0.3) is 0 Å². The summed E-state index contributed by atoms with van der Waals surface area (Å²) in [6, 6.07) is 8.07. The largest absolute Gasteiger partial charge is 0.388 e. The smallest absolute Gasteiger partial charge is 0.0804 e. The second-order valence-corrected chi connectivity index (χ2v) is 3.30. The normalized spacial score (nSPS) is 21.8. The predicted molar refractivity (Wildman–Crippen MR) is 53.9 cm³/mol. The maximum atomic E-state index is 9.65. The van der Waals surface area contributed by atoms with Crippen LogP contribution in [0.4, 0.5) is 5.69 Å². The molecule has 2 N–H and O–H groups in total. The molecule has 13 heavy (non-hydrogen) atoms. The van der Waals surface area contributed by atoms with Crippen molar-refractivity contribution in [3.8, 4) is 0 Å². The summed E-state index contributed by atoms with van der Waals surface area (Å²) < 4.78 is 0. The molecule has 0 spiro atoms. The van der Waals surface area contributed by atoms with Crippen molar-refractivity contribution in [2.45, 2.75) is 12.0 Å². The van der Waals surface area contributed by atoms with Crippen molar-refractivity contribution in [1.29, 1.82) is 0 Å². The highest BCUT2D eigenvalue weighted by atomic mass is 16.3. The molecular weight excluding hydrogens is 162 g/mol. The van der Waals surface area contributed by atoms with Gasteiger partial charge in [0, 0.05) is 18.2 Å². The first kappa shape index (κ1) is 8.32. The van der Waals surface area contributed by atoms with Crippen molar-refractivity contribution < 1.29 is 5.11 Å². The monoisotopic (exact) mass is 175 g/mol. The number of hydrogen-bond acceptors (Lipinski definition) is 2. The van der Waals surface area contributed by atoms with Crippen LogP contribution >= 0.6 is 0 Å². The van der Waals surface area contributed by atoms with Gasteiger partial charge < -0.3 is 10.4 Å². The Bertz CT molecular complexity index is 322. The summed E-state index contributed by atoms with van der Waals surface area (Å²) in [4.78, 5) is 0. The molecular formula is C11H13NO. The highest BCUT2D eigenvalue weighted by molar-refractivity contribution is 5.58. The van der Waals surface area contributed by atoms with Gasteiger partial charge in [-0.2, -0.15) is 0 Å². The molecule has 2 heteroatoms. The molecule has 2 nitrogen and oxygen atoms in total. The van der Waals surface area contributed by atoms with Gasteiger partial charge in [-0.05, 0) is 11.6 Å². The van der Waals surface area contributed by atoms with Gasteiger partial charge in [-0.1, -0.05) is 24.3 Å². The Morgan fingerprint density at radius 1 is 1.54 bits per heavy atom. The zero-order valence-corrected chi connectivity index (χ0v) is 7.40. The van der Waals surface area contributed by atoms with Crippen LogP contribution in [0, 0.1) is 0 Å². The van der Waals surface area contributed by atoms with Gasteiger partial charge >= 0.3 is 0 Å². The number of para-hydroxylation sites is 1. The fraction of sp³-hybridized carbons (Fsp3) is 0.273. The molecule has 1 aliphatic heterocycles. The van der Waals surface area contributed by atoms with E-state index in [0.717, 1.165) is 12.2 Å². The van der Waals surface area contributed by atoms with Gasteiger partial charge in [0.25, 0.3) is 0 Å². The maximum Gasteiger partial charge on any atom is 0.0804 e. The summed E-state index contributed by atoms with van der Waals surface area (Å²) in [7, 11) is 0. The molecule has 0 aliphatic carbocycles. The molecule has 0 saturated heterocycles. The van der Waals surface area contributed by atoms with Crippen molar-refractivity contribution in [3.05, 3.63) is 42.5 Å². The first-order valence-corrected chi connectivity index (χ1v) is 4.46. The zero-order chi connectivity index (χ0) is 9.26. The number of fused-ring (bicyclic) bond motifs is 1. The van der Waals surface area contributed by atoms with Crippen molar-refractivity contribution >= 4 is 5.69 Å². The predicted octanol–water partition coefficient (Wildman–Crippen LogP) is 1.74. The molecule has 1 aromatic carbocycles. The zero-order valence-electron chi connectivity index (χ0n) is 7.40. The molecule has 0 aromatic heterocycles. The van der Waals surface area contributed by atoms with Gasteiger partial charge in [-0.15, -0.1) is 6.58 Å². The van der Waals surface area contributed by atoms with Crippen LogP contribution in [0.2, 0.25) is 0 Å². The van der Waals surface area contributed by atoms with E-state index < -0.39 is 6.10 Å². The lowest BCUT2D eigenvalue weighted by Gasteiger charge is -2.13. The van der Waals surface area contributed by atoms with E-state index in [1.165, 1.54) is 5.56 Å². The number of hydrogen-bond donors (Lipinski definition) is 2. The lowest BCUT2D eigenvalue weighted by atomic mass is 9.96. The highest BCUT2D eigenvalue weighted by Gasteiger charge is 2.25. The van der Waals surface area contributed by atoms with Crippen LogP contribution < -0.4 is 5.32 Å². The molecule has 1 aromatic rings. The lowest BCUT2D eigenvalue weighted by Crippen LogP contribution is -2.17. The highest BCUT2D eigenvalue weighted by Crippen LogP contribution is 2.33. The third-order valence-corrected chi connectivity index (χ3v) is 2.53. The Hall–Kier alpha value is -1.28. The average Bonchev–Trinajstić information content (AvgIpc) is 2.60. The van der Waals surface area contributed by atoms with Crippen molar-refractivity contribution in [3.63, 3.8) is 0 Å². The third kappa shape index (κ3) is 1.33. The molecule has 68 valence electrons. The van der Waals surface area contributed by atoms with Crippen LogP contribution in [-0.2, 0) is 0 Å². The van der Waals surface area contributed by atoms with E-state index in [9.17, 15) is 5.11 Å². The van der Waals surface area contributed by atoms with Crippen molar-refractivity contribution in [1.82, 2.24) is 0 Å². The average molecular weight is 175 g/mol. The molecule has 2 atom stereocenters. The summed E-state index contributed by atoms with van der Waals surface area (Å²) in [5, 5.41) is 12.9. The standard InChI is InChI=1S/C11H13NO/c1-2-11(13)9-7-12-10-6-4-3-5-8(9)10/h2-6,9,11-13H,1,7H2. The Kier molecular flexibility index (Phi) is 2.07. The summed E-state index contributed by atoms with van der Waals surface area (Å²) in [6.45, 7) is 4.40. The first-order valence-electron chi connectivity index (χ1n) is 4.46. The van der Waals surface area contributed by atoms with Gasteiger partial charge in [-0.25, -0.2) is 0 Å². The van der Waals surface area contributed by atoms with Crippen LogP contribution in [0.5, 0.6) is 0 Å². The Morgan fingerprint density at radius 2 is 2.31 bits per heavy atom. The minimum absolute atomic E-state index is 0.161. The van der Waals surface area contributed by atoms with E-state index >= 15 is 0 Å². The van der Waals surface area contributed by atoms with E-state index in [1.807, 2.05) is 24.3 Å². The fourth-order valence-corrected chi connectivity index (χ4v) is 1.78. The molecule has 0 saturated carbocycles. The van der Waals surface area contributed by atoms with Crippen molar-refractivity contribution in [2.24, 2.45) is 0 Å². The van der Waals surface area contributed by atoms with Crippen LogP contribution in [-0.4, -0.2) is 17.8 Å². The topological polar surface area (TPSA) is 32.3 Å². The molecule has 1 heterocycles. The Morgan fingerprint density at radius 3 is 3.08 bits per heavy atom. The molecule has 2 unspecified atom stereocenters. The molecule has 0 amide bonds. The summed E-state index contributed by atoms with van der Waals surface area (Å²) in [6.07, 6.45) is 1.14. The van der Waals surface area contributed by atoms with E-state index in [2.05, 4.69) is 11.9 Å². The SMILES string of the molecule is C=CC(O)C1CNc2ccccc21. The van der Waals surface area contributed by atoms with E-state index in [0.29, 0.717) is 0 Å². The van der Waals surface area contributed by atoms with E-state index in [-0.39, 0.29) is 5.92 Å². The number of rotatable bonds is 2. The number of aliphatic hydroxyl groups excluding tert-OH is 1. The molecule has 0 radical (unpaired) electrons. The third-order valence-electron chi connectivity index (χ3n) is 2.53. The van der Waals surface area contributed by atoms with Gasteiger partial charge in [-0.3, -0.25) is 0 Å². The van der Waals surface area contributed by atoms with Crippen LogP contribution in [0.3, 0.4) is 0 Å². The van der Waals surface area contributed by atoms with Crippen molar-refractivity contribution in [2.75, 3.05) is 11.9 Å².